The van der Waals surface area contributed by atoms with Gasteiger partial charge in [-0.05, 0) is 60.0 Å². The summed E-state index contributed by atoms with van der Waals surface area (Å²) >= 11 is 0. The fourth-order valence-corrected chi connectivity index (χ4v) is 3.75. The highest BCUT2D eigenvalue weighted by Crippen LogP contribution is 2.37. The van der Waals surface area contributed by atoms with Gasteiger partial charge in [0, 0.05) is 6.61 Å². The van der Waals surface area contributed by atoms with Gasteiger partial charge in [-0.3, -0.25) is 0 Å². The summed E-state index contributed by atoms with van der Waals surface area (Å²) in [6, 6.07) is 6.41. The summed E-state index contributed by atoms with van der Waals surface area (Å²) in [6.07, 6.45) is 3.45. The molecule has 21 heavy (non-hydrogen) atoms. The number of aliphatic hydroxyl groups is 1. The largest absolute Gasteiger partial charge is 0.417 e. The van der Waals surface area contributed by atoms with Crippen LogP contribution in [0.3, 0.4) is 0 Å². The van der Waals surface area contributed by atoms with E-state index in [1.54, 1.807) is 0 Å². The predicted octanol–water partition coefficient (Wildman–Crippen LogP) is 4.31. The van der Waals surface area contributed by atoms with Crippen molar-refractivity contribution in [1.82, 2.24) is 0 Å². The second-order valence-electron chi connectivity index (χ2n) is 7.94. The molecule has 0 saturated carbocycles. The van der Waals surface area contributed by atoms with Crippen LogP contribution in [0.1, 0.15) is 43.9 Å². The van der Waals surface area contributed by atoms with Crippen LogP contribution in [0, 0.1) is 5.92 Å². The average molecular weight is 307 g/mol. The molecule has 0 aromatic heterocycles. The summed E-state index contributed by atoms with van der Waals surface area (Å²) in [7, 11) is -1.63. The molecule has 1 aliphatic rings. The SMILES string of the molecule is CC(C)(C)[Si](C)(C)OCC1CCc2cc(CO)ccc2C1. The molecule has 1 N–H and O–H groups in total. The molecular weight excluding hydrogens is 276 g/mol. The van der Waals surface area contributed by atoms with Gasteiger partial charge in [0.2, 0.25) is 0 Å². The van der Waals surface area contributed by atoms with E-state index in [0.717, 1.165) is 25.0 Å². The van der Waals surface area contributed by atoms with Crippen LogP contribution in [0.15, 0.2) is 18.2 Å². The zero-order chi connectivity index (χ0) is 15.7. The van der Waals surface area contributed by atoms with Crippen LogP contribution in [-0.4, -0.2) is 20.0 Å². The van der Waals surface area contributed by atoms with Gasteiger partial charge in [0.05, 0.1) is 6.61 Å². The van der Waals surface area contributed by atoms with Gasteiger partial charge < -0.3 is 9.53 Å². The number of aliphatic hydroxyl groups excluding tert-OH is 1. The molecule has 0 aliphatic heterocycles. The third-order valence-electron chi connectivity index (χ3n) is 5.27. The Labute approximate surface area is 130 Å². The first-order chi connectivity index (χ1) is 9.73. The average Bonchev–Trinajstić information content (AvgIpc) is 2.43. The normalized spacial score (nSPS) is 19.4. The highest BCUT2D eigenvalue weighted by molar-refractivity contribution is 6.74. The van der Waals surface area contributed by atoms with Crippen molar-refractivity contribution < 1.29 is 9.53 Å². The number of benzene rings is 1. The summed E-state index contributed by atoms with van der Waals surface area (Å²) in [4.78, 5) is 0. The van der Waals surface area contributed by atoms with E-state index in [2.05, 4.69) is 52.1 Å². The molecule has 1 atom stereocenters. The van der Waals surface area contributed by atoms with Gasteiger partial charge in [-0.2, -0.15) is 0 Å². The van der Waals surface area contributed by atoms with Crippen molar-refractivity contribution >= 4 is 8.32 Å². The van der Waals surface area contributed by atoms with Crippen molar-refractivity contribution in [3.8, 4) is 0 Å². The number of fused-ring (bicyclic) bond motifs is 1. The Hall–Kier alpha value is -0.643. The molecule has 0 saturated heterocycles. The van der Waals surface area contributed by atoms with E-state index in [9.17, 15) is 5.11 Å². The van der Waals surface area contributed by atoms with Crippen molar-refractivity contribution in [2.24, 2.45) is 5.92 Å². The van der Waals surface area contributed by atoms with Gasteiger partial charge in [0.25, 0.3) is 0 Å². The van der Waals surface area contributed by atoms with Crippen molar-refractivity contribution in [2.75, 3.05) is 6.61 Å². The first-order valence-electron chi connectivity index (χ1n) is 8.08. The van der Waals surface area contributed by atoms with E-state index in [1.807, 2.05) is 0 Å². The van der Waals surface area contributed by atoms with E-state index >= 15 is 0 Å². The molecule has 2 rings (SSSR count). The minimum Gasteiger partial charge on any atom is -0.417 e. The number of rotatable bonds is 4. The standard InChI is InChI=1S/C18H30O2Si/c1-18(2,3)21(4,5)20-13-15-7-9-16-10-14(12-19)6-8-17(16)11-15/h6,8,10,15,19H,7,9,11-13H2,1-5H3. The minimum absolute atomic E-state index is 0.144. The maximum absolute atomic E-state index is 9.23. The quantitative estimate of drug-likeness (QED) is 0.840. The second kappa shape index (κ2) is 6.23. The van der Waals surface area contributed by atoms with Crippen LogP contribution in [0.25, 0.3) is 0 Å². The van der Waals surface area contributed by atoms with Crippen LogP contribution in [0.4, 0.5) is 0 Å². The summed E-state index contributed by atoms with van der Waals surface area (Å²) in [6.45, 7) is 12.6. The Balaban J connectivity index is 1.96. The van der Waals surface area contributed by atoms with Gasteiger partial charge >= 0.3 is 0 Å². The summed E-state index contributed by atoms with van der Waals surface area (Å²) in [5.41, 5.74) is 3.90. The minimum atomic E-state index is -1.63. The first-order valence-corrected chi connectivity index (χ1v) is 11.0. The van der Waals surface area contributed by atoms with E-state index in [0.29, 0.717) is 5.92 Å². The smallest absolute Gasteiger partial charge is 0.191 e. The summed E-state index contributed by atoms with van der Waals surface area (Å²) in [5.74, 6) is 0.645. The van der Waals surface area contributed by atoms with Crippen molar-refractivity contribution in [3.63, 3.8) is 0 Å². The number of hydrogen-bond acceptors (Lipinski definition) is 2. The maximum Gasteiger partial charge on any atom is 0.191 e. The van der Waals surface area contributed by atoms with Gasteiger partial charge in [0.15, 0.2) is 8.32 Å². The zero-order valence-corrected chi connectivity index (χ0v) is 15.2. The van der Waals surface area contributed by atoms with Crippen LogP contribution >= 0.6 is 0 Å². The molecule has 0 fully saturated rings. The molecule has 0 spiro atoms. The van der Waals surface area contributed by atoms with Gasteiger partial charge in [-0.1, -0.05) is 39.0 Å². The van der Waals surface area contributed by atoms with Crippen molar-refractivity contribution in [1.29, 1.82) is 0 Å². The molecule has 3 heteroatoms. The predicted molar refractivity (Wildman–Crippen MR) is 91.0 cm³/mol. The monoisotopic (exact) mass is 306 g/mol. The molecule has 0 radical (unpaired) electrons. The zero-order valence-electron chi connectivity index (χ0n) is 14.2. The molecule has 1 aromatic carbocycles. The lowest BCUT2D eigenvalue weighted by Crippen LogP contribution is -2.42. The Morgan fingerprint density at radius 1 is 1.24 bits per heavy atom. The molecule has 118 valence electrons. The Morgan fingerprint density at radius 3 is 2.57 bits per heavy atom. The number of aryl methyl sites for hydroxylation is 1. The molecule has 1 unspecified atom stereocenters. The van der Waals surface area contributed by atoms with Gasteiger partial charge in [-0.15, -0.1) is 0 Å². The van der Waals surface area contributed by atoms with Crippen molar-refractivity contribution in [2.45, 2.75) is 64.8 Å². The molecule has 2 nitrogen and oxygen atoms in total. The van der Waals surface area contributed by atoms with E-state index in [1.165, 1.54) is 17.5 Å². The summed E-state index contributed by atoms with van der Waals surface area (Å²) < 4.78 is 6.39. The van der Waals surface area contributed by atoms with Crippen LogP contribution < -0.4 is 0 Å². The van der Waals surface area contributed by atoms with Gasteiger partial charge in [-0.25, -0.2) is 0 Å². The Morgan fingerprint density at radius 2 is 1.95 bits per heavy atom. The highest BCUT2D eigenvalue weighted by Gasteiger charge is 2.37. The Bertz CT molecular complexity index is 488. The highest BCUT2D eigenvalue weighted by atomic mass is 28.4. The van der Waals surface area contributed by atoms with E-state index in [4.69, 9.17) is 4.43 Å². The molecule has 0 bridgehead atoms. The molecule has 1 aromatic rings. The lowest BCUT2D eigenvalue weighted by Gasteiger charge is -2.38. The number of hydrogen-bond donors (Lipinski definition) is 1. The Kier molecular flexibility index (Phi) is 4.96. The fourth-order valence-electron chi connectivity index (χ4n) is 2.67. The van der Waals surface area contributed by atoms with Crippen LogP contribution in [0.2, 0.25) is 18.1 Å². The molecular formula is C18H30O2Si. The second-order valence-corrected chi connectivity index (χ2v) is 12.8. The third kappa shape index (κ3) is 3.96. The molecule has 0 heterocycles. The lowest BCUT2D eigenvalue weighted by molar-refractivity contribution is 0.215. The topological polar surface area (TPSA) is 29.5 Å². The summed E-state index contributed by atoms with van der Waals surface area (Å²) in [5, 5.41) is 9.51. The molecule has 1 aliphatic carbocycles. The fraction of sp³-hybridized carbons (Fsp3) is 0.667. The lowest BCUT2D eigenvalue weighted by atomic mass is 9.84. The van der Waals surface area contributed by atoms with Crippen LogP contribution in [0.5, 0.6) is 0 Å². The maximum atomic E-state index is 9.23. The van der Waals surface area contributed by atoms with E-state index in [-0.39, 0.29) is 11.6 Å². The van der Waals surface area contributed by atoms with Crippen molar-refractivity contribution in [3.05, 3.63) is 34.9 Å². The molecule has 0 amide bonds. The van der Waals surface area contributed by atoms with E-state index < -0.39 is 8.32 Å². The van der Waals surface area contributed by atoms with Gasteiger partial charge in [0.1, 0.15) is 0 Å². The third-order valence-corrected chi connectivity index (χ3v) is 9.77. The first kappa shape index (κ1) is 16.7. The van der Waals surface area contributed by atoms with Crippen LogP contribution in [-0.2, 0) is 23.9 Å².